The number of hydrogen-bond donors (Lipinski definition) is 1. The number of amides is 1. The molecule has 0 fully saturated rings. The van der Waals surface area contributed by atoms with Gasteiger partial charge in [-0.15, -0.1) is 0 Å². The number of carbonyl (C=O) groups is 1. The van der Waals surface area contributed by atoms with E-state index in [0.717, 1.165) is 14.5 Å². The predicted octanol–water partition coefficient (Wildman–Crippen LogP) is 4.53. The first-order valence-electron chi connectivity index (χ1n) is 7.67. The molecule has 5 nitrogen and oxygen atoms in total. The van der Waals surface area contributed by atoms with Gasteiger partial charge in [-0.3, -0.25) is 4.79 Å². The molecule has 1 N–H and O–H groups in total. The van der Waals surface area contributed by atoms with E-state index in [-0.39, 0.29) is 5.91 Å². The van der Waals surface area contributed by atoms with Crippen molar-refractivity contribution in [2.24, 2.45) is 5.10 Å². The molecule has 2 aromatic rings. The Bertz CT molecular complexity index is 748. The predicted molar refractivity (Wildman–Crippen MR) is 105 cm³/mol. The molecule has 7 heteroatoms. The summed E-state index contributed by atoms with van der Waals surface area (Å²) >= 11 is 6.76. The summed E-state index contributed by atoms with van der Waals surface area (Å²) in [6.07, 6.45) is 0.868. The third-order valence-electron chi connectivity index (χ3n) is 3.15. The normalized spacial score (nSPS) is 12.0. The van der Waals surface area contributed by atoms with E-state index in [0.29, 0.717) is 18.1 Å². The van der Waals surface area contributed by atoms with Gasteiger partial charge in [0.1, 0.15) is 11.5 Å². The molecule has 1 unspecified atom stereocenters. The van der Waals surface area contributed by atoms with Crippen molar-refractivity contribution in [2.45, 2.75) is 20.0 Å². The summed E-state index contributed by atoms with van der Waals surface area (Å²) in [7, 11) is 0. The Balaban J connectivity index is 1.95. The highest BCUT2D eigenvalue weighted by Gasteiger charge is 2.14. The fourth-order valence-electron chi connectivity index (χ4n) is 1.93. The van der Waals surface area contributed by atoms with Crippen LogP contribution < -0.4 is 14.9 Å². The third kappa shape index (κ3) is 6.17. The van der Waals surface area contributed by atoms with E-state index in [1.807, 2.05) is 37.3 Å². The Labute approximate surface area is 163 Å². The maximum absolute atomic E-state index is 12.1. The summed E-state index contributed by atoms with van der Waals surface area (Å²) in [5, 5.41) is 3.99. The van der Waals surface area contributed by atoms with Gasteiger partial charge in [0.2, 0.25) is 0 Å². The van der Waals surface area contributed by atoms with Crippen LogP contribution in [0.4, 0.5) is 0 Å². The van der Waals surface area contributed by atoms with Gasteiger partial charge in [-0.2, -0.15) is 5.10 Å². The largest absolute Gasteiger partial charge is 0.493 e. The minimum Gasteiger partial charge on any atom is -0.493 e. The molecule has 25 heavy (non-hydrogen) atoms. The van der Waals surface area contributed by atoms with Gasteiger partial charge in [-0.1, -0.05) is 31.9 Å². The molecule has 1 atom stereocenters. The van der Waals surface area contributed by atoms with Crippen molar-refractivity contribution in [3.63, 3.8) is 0 Å². The zero-order chi connectivity index (χ0) is 18.2. The summed E-state index contributed by atoms with van der Waals surface area (Å²) in [4.78, 5) is 12.1. The number of benzene rings is 2. The number of halogens is 2. The lowest BCUT2D eigenvalue weighted by molar-refractivity contribution is -0.127. The van der Waals surface area contributed by atoms with Crippen molar-refractivity contribution in [3.8, 4) is 11.5 Å². The summed E-state index contributed by atoms with van der Waals surface area (Å²) < 4.78 is 13.0. The van der Waals surface area contributed by atoms with Crippen LogP contribution in [0.5, 0.6) is 11.5 Å². The zero-order valence-electron chi connectivity index (χ0n) is 13.8. The van der Waals surface area contributed by atoms with Crippen LogP contribution in [0.25, 0.3) is 0 Å². The minimum atomic E-state index is -0.674. The molecule has 0 heterocycles. The van der Waals surface area contributed by atoms with Gasteiger partial charge in [-0.05, 0) is 56.3 Å². The lowest BCUT2D eigenvalue weighted by atomic mass is 10.2. The first-order valence-corrected chi connectivity index (χ1v) is 9.25. The smallest absolute Gasteiger partial charge is 0.280 e. The number of hydrogen-bond acceptors (Lipinski definition) is 4. The Kier molecular flexibility index (Phi) is 7.46. The molecular weight excluding hydrogens is 452 g/mol. The van der Waals surface area contributed by atoms with Crippen LogP contribution in [0.2, 0.25) is 0 Å². The van der Waals surface area contributed by atoms with E-state index in [1.165, 1.54) is 0 Å². The van der Waals surface area contributed by atoms with E-state index in [1.54, 1.807) is 25.3 Å². The standard InChI is InChI=1S/C18H18Br2N2O3/c1-3-24-17-9-6-15(20)10-13(17)11-21-22-18(23)12(2)25-16-7-4-14(19)5-8-16/h4-12H,3H2,1-2H3,(H,22,23)/b21-11+. The van der Waals surface area contributed by atoms with Crippen LogP contribution >= 0.6 is 31.9 Å². The van der Waals surface area contributed by atoms with Crippen LogP contribution in [0.3, 0.4) is 0 Å². The Morgan fingerprint density at radius 2 is 1.88 bits per heavy atom. The highest BCUT2D eigenvalue weighted by atomic mass is 79.9. The number of nitrogens with zero attached hydrogens (tertiary/aromatic N) is 1. The second kappa shape index (κ2) is 9.58. The first kappa shape index (κ1) is 19.5. The molecule has 0 aromatic heterocycles. The van der Waals surface area contributed by atoms with E-state index in [4.69, 9.17) is 9.47 Å². The number of hydrazone groups is 1. The molecule has 1 amide bonds. The maximum atomic E-state index is 12.1. The fourth-order valence-corrected chi connectivity index (χ4v) is 2.58. The van der Waals surface area contributed by atoms with Crippen LogP contribution in [0, 0.1) is 0 Å². The molecule has 0 spiro atoms. The Morgan fingerprint density at radius 1 is 1.20 bits per heavy atom. The average Bonchev–Trinajstić information content (AvgIpc) is 2.59. The van der Waals surface area contributed by atoms with Crippen LogP contribution in [-0.4, -0.2) is 24.8 Å². The van der Waals surface area contributed by atoms with Crippen LogP contribution in [0.15, 0.2) is 56.5 Å². The molecule has 2 aromatic carbocycles. The van der Waals surface area contributed by atoms with Crippen molar-refractivity contribution in [1.29, 1.82) is 0 Å². The summed E-state index contributed by atoms with van der Waals surface area (Å²) in [5.74, 6) is 0.968. The topological polar surface area (TPSA) is 59.9 Å². The van der Waals surface area contributed by atoms with Gasteiger partial charge < -0.3 is 9.47 Å². The Hall–Kier alpha value is -1.86. The molecule has 132 valence electrons. The first-order chi connectivity index (χ1) is 12.0. The van der Waals surface area contributed by atoms with E-state index in [9.17, 15) is 4.79 Å². The lowest BCUT2D eigenvalue weighted by Crippen LogP contribution is -2.33. The molecule has 0 aliphatic carbocycles. The van der Waals surface area contributed by atoms with E-state index < -0.39 is 6.10 Å². The fraction of sp³-hybridized carbons (Fsp3) is 0.222. The zero-order valence-corrected chi connectivity index (χ0v) is 17.0. The van der Waals surface area contributed by atoms with Gasteiger partial charge in [0.25, 0.3) is 5.91 Å². The van der Waals surface area contributed by atoms with Crippen molar-refractivity contribution in [1.82, 2.24) is 5.43 Å². The third-order valence-corrected chi connectivity index (χ3v) is 4.17. The Morgan fingerprint density at radius 3 is 2.56 bits per heavy atom. The van der Waals surface area contributed by atoms with Crippen molar-refractivity contribution >= 4 is 44.0 Å². The number of carbonyl (C=O) groups excluding carboxylic acids is 1. The van der Waals surface area contributed by atoms with Gasteiger partial charge in [0, 0.05) is 14.5 Å². The van der Waals surface area contributed by atoms with Crippen molar-refractivity contribution in [2.75, 3.05) is 6.61 Å². The molecular formula is C18H18Br2N2O3. The molecule has 0 bridgehead atoms. The highest BCUT2D eigenvalue weighted by Crippen LogP contribution is 2.21. The average molecular weight is 470 g/mol. The molecule has 0 saturated heterocycles. The van der Waals surface area contributed by atoms with Crippen LogP contribution in [0.1, 0.15) is 19.4 Å². The monoisotopic (exact) mass is 468 g/mol. The molecule has 0 saturated carbocycles. The lowest BCUT2D eigenvalue weighted by Gasteiger charge is -2.13. The van der Waals surface area contributed by atoms with Gasteiger partial charge >= 0.3 is 0 Å². The maximum Gasteiger partial charge on any atom is 0.280 e. The van der Waals surface area contributed by atoms with E-state index >= 15 is 0 Å². The summed E-state index contributed by atoms with van der Waals surface area (Å²) in [6.45, 7) is 4.12. The number of rotatable bonds is 7. The summed E-state index contributed by atoms with van der Waals surface area (Å²) in [5.41, 5.74) is 3.24. The van der Waals surface area contributed by atoms with Crippen molar-refractivity contribution in [3.05, 3.63) is 57.0 Å². The minimum absolute atomic E-state index is 0.341. The quantitative estimate of drug-likeness (QED) is 0.478. The van der Waals surface area contributed by atoms with E-state index in [2.05, 4.69) is 42.4 Å². The second-order valence-corrected chi connectivity index (χ2v) is 6.89. The van der Waals surface area contributed by atoms with Gasteiger partial charge in [0.05, 0.1) is 12.8 Å². The highest BCUT2D eigenvalue weighted by molar-refractivity contribution is 9.10. The molecule has 0 aliphatic rings. The second-order valence-electron chi connectivity index (χ2n) is 5.06. The SMILES string of the molecule is CCOc1ccc(Br)cc1/C=N/NC(=O)C(C)Oc1ccc(Br)cc1. The van der Waals surface area contributed by atoms with Gasteiger partial charge in [-0.25, -0.2) is 5.43 Å². The van der Waals surface area contributed by atoms with Crippen LogP contribution in [-0.2, 0) is 4.79 Å². The molecule has 2 rings (SSSR count). The van der Waals surface area contributed by atoms with Gasteiger partial charge in [0.15, 0.2) is 6.10 Å². The number of nitrogens with one attached hydrogen (secondary N) is 1. The molecule has 0 aliphatic heterocycles. The molecule has 0 radical (unpaired) electrons. The number of ether oxygens (including phenoxy) is 2. The van der Waals surface area contributed by atoms with Crippen molar-refractivity contribution < 1.29 is 14.3 Å². The summed E-state index contributed by atoms with van der Waals surface area (Å²) in [6, 6.07) is 12.9.